The molecule has 1 aliphatic heterocycles. The highest BCUT2D eigenvalue weighted by Crippen LogP contribution is 2.28. The van der Waals surface area contributed by atoms with Crippen molar-refractivity contribution in [1.82, 2.24) is 20.6 Å². The van der Waals surface area contributed by atoms with E-state index in [4.69, 9.17) is 4.74 Å². The van der Waals surface area contributed by atoms with Crippen LogP contribution in [0.5, 0.6) is 0 Å². The minimum absolute atomic E-state index is 0.0473. The highest BCUT2D eigenvalue weighted by molar-refractivity contribution is 7.16. The summed E-state index contributed by atoms with van der Waals surface area (Å²) >= 11 is 2.94. The predicted molar refractivity (Wildman–Crippen MR) is 139 cm³/mol. The number of rotatable bonds is 7. The van der Waals surface area contributed by atoms with Gasteiger partial charge in [0.05, 0.1) is 26.6 Å². The molecule has 1 atom stereocenters. The Kier molecular flexibility index (Phi) is 7.17. The number of benzene rings is 1. The number of thiazole rings is 1. The second kappa shape index (κ2) is 10.6. The maximum absolute atomic E-state index is 13.0. The Bertz CT molecular complexity index is 1340. The summed E-state index contributed by atoms with van der Waals surface area (Å²) in [6.07, 6.45) is 5.99. The maximum atomic E-state index is 13.0. The van der Waals surface area contributed by atoms with Gasteiger partial charge in [0.1, 0.15) is 0 Å². The van der Waals surface area contributed by atoms with Crippen LogP contribution in [0.4, 0.5) is 0 Å². The third-order valence-corrected chi connectivity index (χ3v) is 7.90. The molecule has 0 saturated carbocycles. The molecule has 180 valence electrons. The van der Waals surface area contributed by atoms with Crippen molar-refractivity contribution < 1.29 is 14.3 Å². The second-order valence-corrected chi connectivity index (χ2v) is 10.3. The Morgan fingerprint density at radius 3 is 2.77 bits per heavy atom. The van der Waals surface area contributed by atoms with E-state index in [9.17, 15) is 9.59 Å². The molecule has 3 aromatic heterocycles. The van der Waals surface area contributed by atoms with E-state index in [-0.39, 0.29) is 23.9 Å². The van der Waals surface area contributed by atoms with Gasteiger partial charge in [-0.05, 0) is 66.1 Å². The molecule has 2 N–H and O–H groups in total. The van der Waals surface area contributed by atoms with Crippen LogP contribution in [0.2, 0.25) is 0 Å². The number of amides is 2. The zero-order valence-electron chi connectivity index (χ0n) is 19.3. The highest BCUT2D eigenvalue weighted by atomic mass is 32.1. The molecule has 9 heteroatoms. The van der Waals surface area contributed by atoms with Gasteiger partial charge in [-0.2, -0.15) is 0 Å². The van der Waals surface area contributed by atoms with E-state index >= 15 is 0 Å². The summed E-state index contributed by atoms with van der Waals surface area (Å²) in [5.74, 6) is -0.172. The third kappa shape index (κ3) is 5.42. The molecule has 7 nitrogen and oxygen atoms in total. The molecule has 4 aromatic rings. The van der Waals surface area contributed by atoms with Crippen LogP contribution in [0.25, 0.3) is 21.3 Å². The molecule has 0 aliphatic carbocycles. The molecule has 1 aromatic carbocycles. The molecule has 5 rings (SSSR count). The lowest BCUT2D eigenvalue weighted by molar-refractivity contribution is 0.0698. The Labute approximate surface area is 211 Å². The van der Waals surface area contributed by atoms with Crippen molar-refractivity contribution in [3.63, 3.8) is 0 Å². The molecule has 1 fully saturated rings. The SMILES string of the molecule is CCC(NC(=O)c1ccc2ncsc2c1)c1cncc(-c2csc(C(=O)NC3CCOCC3)c2)c1. The zero-order chi connectivity index (χ0) is 24.2. The first-order valence-corrected chi connectivity index (χ1v) is 13.4. The monoisotopic (exact) mass is 506 g/mol. The zero-order valence-corrected chi connectivity index (χ0v) is 21.0. The summed E-state index contributed by atoms with van der Waals surface area (Å²) in [6.45, 7) is 3.41. The van der Waals surface area contributed by atoms with E-state index in [0.717, 1.165) is 46.2 Å². The molecule has 1 aliphatic rings. The fourth-order valence-electron chi connectivity index (χ4n) is 4.17. The van der Waals surface area contributed by atoms with Crippen LogP contribution in [-0.2, 0) is 4.74 Å². The van der Waals surface area contributed by atoms with Gasteiger partial charge in [-0.1, -0.05) is 6.92 Å². The number of carbonyl (C=O) groups is 2. The third-order valence-electron chi connectivity index (χ3n) is 6.18. The fraction of sp³-hybridized carbons (Fsp3) is 0.308. The Morgan fingerprint density at radius 2 is 1.94 bits per heavy atom. The average molecular weight is 507 g/mol. The number of carbonyl (C=O) groups excluding carboxylic acids is 2. The normalized spacial score (nSPS) is 15.1. The van der Waals surface area contributed by atoms with E-state index in [2.05, 4.69) is 20.6 Å². The van der Waals surface area contributed by atoms with Crippen molar-refractivity contribution in [3.05, 3.63) is 69.6 Å². The van der Waals surface area contributed by atoms with E-state index in [0.29, 0.717) is 23.7 Å². The number of nitrogens with zero attached hydrogens (tertiary/aromatic N) is 2. The van der Waals surface area contributed by atoms with Gasteiger partial charge in [-0.3, -0.25) is 14.6 Å². The lowest BCUT2D eigenvalue weighted by Gasteiger charge is -2.22. The topological polar surface area (TPSA) is 93.2 Å². The highest BCUT2D eigenvalue weighted by Gasteiger charge is 2.19. The van der Waals surface area contributed by atoms with Crippen LogP contribution in [0, 0.1) is 0 Å². The number of hydrogen-bond donors (Lipinski definition) is 2. The molecule has 35 heavy (non-hydrogen) atoms. The van der Waals surface area contributed by atoms with E-state index in [1.807, 2.05) is 36.6 Å². The van der Waals surface area contributed by atoms with Crippen LogP contribution in [0.3, 0.4) is 0 Å². The van der Waals surface area contributed by atoms with Crippen molar-refractivity contribution in [2.75, 3.05) is 13.2 Å². The standard InChI is InChI=1S/C26H26N4O3S2/c1-2-21(30-25(31)16-3-4-22-23(10-16)35-15-28-22)18-9-17(12-27-13-18)19-11-24(34-14-19)26(32)29-20-5-7-33-8-6-20/h3-4,9-15,20-21H,2,5-8H2,1H3,(H,29,32)(H,30,31). The first-order valence-electron chi connectivity index (χ1n) is 11.7. The van der Waals surface area contributed by atoms with Gasteiger partial charge in [0.2, 0.25) is 0 Å². The summed E-state index contributed by atoms with van der Waals surface area (Å²) in [4.78, 5) is 35.0. The molecule has 4 heterocycles. The van der Waals surface area contributed by atoms with Gasteiger partial charge in [0.25, 0.3) is 11.8 Å². The van der Waals surface area contributed by atoms with Crippen LogP contribution >= 0.6 is 22.7 Å². The number of pyridine rings is 1. The molecule has 1 saturated heterocycles. The number of thiophene rings is 1. The van der Waals surface area contributed by atoms with Crippen molar-refractivity contribution in [2.24, 2.45) is 0 Å². The Morgan fingerprint density at radius 1 is 1.09 bits per heavy atom. The Hall–Kier alpha value is -3.14. The van der Waals surface area contributed by atoms with E-state index in [1.54, 1.807) is 24.0 Å². The molecular formula is C26H26N4O3S2. The van der Waals surface area contributed by atoms with Crippen molar-refractivity contribution >= 4 is 44.7 Å². The van der Waals surface area contributed by atoms with Gasteiger partial charge in [-0.15, -0.1) is 22.7 Å². The number of fused-ring (bicyclic) bond motifs is 1. The minimum atomic E-state index is -0.179. The Balaban J connectivity index is 1.29. The molecule has 0 radical (unpaired) electrons. The van der Waals surface area contributed by atoms with Gasteiger partial charge >= 0.3 is 0 Å². The lowest BCUT2D eigenvalue weighted by atomic mass is 10.0. The molecule has 0 bridgehead atoms. The number of nitrogens with one attached hydrogen (secondary N) is 2. The van der Waals surface area contributed by atoms with Crippen molar-refractivity contribution in [3.8, 4) is 11.1 Å². The number of ether oxygens (including phenoxy) is 1. The predicted octanol–water partition coefficient (Wildman–Crippen LogP) is 5.21. The van der Waals surface area contributed by atoms with Gasteiger partial charge in [0.15, 0.2) is 0 Å². The maximum Gasteiger partial charge on any atom is 0.261 e. The first-order chi connectivity index (χ1) is 17.1. The quantitative estimate of drug-likeness (QED) is 0.359. The summed E-state index contributed by atoms with van der Waals surface area (Å²) in [7, 11) is 0. The van der Waals surface area contributed by atoms with Crippen LogP contribution in [-0.4, -0.2) is 41.0 Å². The minimum Gasteiger partial charge on any atom is -0.381 e. The van der Waals surface area contributed by atoms with Gasteiger partial charge in [0, 0.05) is 42.8 Å². The summed E-state index contributed by atoms with van der Waals surface area (Å²) in [5, 5.41) is 8.22. The van der Waals surface area contributed by atoms with Gasteiger partial charge in [-0.25, -0.2) is 4.98 Å². The second-order valence-electron chi connectivity index (χ2n) is 8.54. The number of aromatic nitrogens is 2. The van der Waals surface area contributed by atoms with E-state index in [1.165, 1.54) is 22.7 Å². The summed E-state index contributed by atoms with van der Waals surface area (Å²) in [5.41, 5.74) is 6.08. The molecule has 1 unspecified atom stereocenters. The van der Waals surface area contributed by atoms with Crippen molar-refractivity contribution in [2.45, 2.75) is 38.3 Å². The fourth-order valence-corrected chi connectivity index (χ4v) is 5.71. The average Bonchev–Trinajstić information content (AvgIpc) is 3.57. The van der Waals surface area contributed by atoms with Crippen LogP contribution in [0.1, 0.15) is 57.8 Å². The van der Waals surface area contributed by atoms with Crippen molar-refractivity contribution in [1.29, 1.82) is 0 Å². The van der Waals surface area contributed by atoms with E-state index < -0.39 is 0 Å². The summed E-state index contributed by atoms with van der Waals surface area (Å²) in [6, 6.07) is 9.48. The first kappa shape index (κ1) is 23.6. The lowest BCUT2D eigenvalue weighted by Crippen LogP contribution is -2.38. The smallest absolute Gasteiger partial charge is 0.261 e. The molecule has 2 amide bonds. The van der Waals surface area contributed by atoms with Crippen LogP contribution < -0.4 is 10.6 Å². The molecule has 0 spiro atoms. The summed E-state index contributed by atoms with van der Waals surface area (Å²) < 4.78 is 6.36. The molecular weight excluding hydrogens is 480 g/mol. The largest absolute Gasteiger partial charge is 0.381 e. The van der Waals surface area contributed by atoms with Crippen LogP contribution in [0.15, 0.2) is 53.6 Å². The van der Waals surface area contributed by atoms with Gasteiger partial charge < -0.3 is 15.4 Å². The number of hydrogen-bond acceptors (Lipinski definition) is 7.